The zero-order chi connectivity index (χ0) is 13.8. The fraction of sp³-hybridized carbons (Fsp3) is 0.667. The van der Waals surface area contributed by atoms with Crippen molar-refractivity contribution in [3.05, 3.63) is 35.9 Å². The predicted octanol–water partition coefficient (Wildman–Crippen LogP) is 3.40. The van der Waals surface area contributed by atoms with Crippen LogP contribution in [0.5, 0.6) is 0 Å². The molecular formula is C18H28N2. The van der Waals surface area contributed by atoms with Crippen molar-refractivity contribution in [2.45, 2.75) is 57.0 Å². The van der Waals surface area contributed by atoms with E-state index in [0.29, 0.717) is 5.92 Å². The summed E-state index contributed by atoms with van der Waals surface area (Å²) >= 11 is 0. The number of hydrogen-bond donors (Lipinski definition) is 1. The minimum absolute atomic E-state index is 0.639. The Morgan fingerprint density at radius 3 is 2.60 bits per heavy atom. The van der Waals surface area contributed by atoms with E-state index < -0.39 is 0 Å². The molecule has 1 aliphatic heterocycles. The number of nitrogens with zero attached hydrogens (tertiary/aromatic N) is 1. The Balaban J connectivity index is 1.56. The fourth-order valence-corrected chi connectivity index (χ4v) is 3.41. The van der Waals surface area contributed by atoms with Crippen LogP contribution in [0, 0.1) is 0 Å². The number of benzene rings is 1. The average Bonchev–Trinajstić information content (AvgIpc) is 3.33. The molecule has 2 aliphatic rings. The van der Waals surface area contributed by atoms with Gasteiger partial charge in [-0.05, 0) is 43.7 Å². The molecule has 0 radical (unpaired) electrons. The van der Waals surface area contributed by atoms with Gasteiger partial charge in [0, 0.05) is 25.2 Å². The first kappa shape index (κ1) is 14.1. The first-order chi connectivity index (χ1) is 9.83. The summed E-state index contributed by atoms with van der Waals surface area (Å²) in [6, 6.07) is 12.6. The fourth-order valence-electron chi connectivity index (χ4n) is 3.41. The maximum absolute atomic E-state index is 3.70. The standard InChI is InChI=1S/C18H28N2/c1-15(16-7-3-2-4-8-16)13-20(18-10-11-18)14-17-9-5-6-12-19-17/h2-4,7-8,15,17-19H,5-6,9-14H2,1H3. The minimum Gasteiger partial charge on any atom is -0.313 e. The van der Waals surface area contributed by atoms with Gasteiger partial charge in [-0.25, -0.2) is 0 Å². The third-order valence-corrected chi connectivity index (χ3v) is 4.81. The van der Waals surface area contributed by atoms with Gasteiger partial charge in [-0.1, -0.05) is 43.7 Å². The third kappa shape index (κ3) is 3.83. The van der Waals surface area contributed by atoms with Crippen molar-refractivity contribution in [3.8, 4) is 0 Å². The number of rotatable bonds is 6. The van der Waals surface area contributed by atoms with E-state index in [2.05, 4.69) is 47.5 Å². The Morgan fingerprint density at radius 1 is 1.15 bits per heavy atom. The van der Waals surface area contributed by atoms with Crippen LogP contribution in [0.4, 0.5) is 0 Å². The van der Waals surface area contributed by atoms with Gasteiger partial charge >= 0.3 is 0 Å². The molecule has 1 aliphatic carbocycles. The molecule has 0 amide bonds. The number of piperidine rings is 1. The molecule has 2 unspecified atom stereocenters. The van der Waals surface area contributed by atoms with Crippen LogP contribution < -0.4 is 5.32 Å². The summed E-state index contributed by atoms with van der Waals surface area (Å²) in [5.74, 6) is 0.639. The van der Waals surface area contributed by atoms with E-state index >= 15 is 0 Å². The molecule has 2 heteroatoms. The van der Waals surface area contributed by atoms with Crippen LogP contribution in [0.2, 0.25) is 0 Å². The van der Waals surface area contributed by atoms with Gasteiger partial charge in [-0.3, -0.25) is 4.90 Å². The highest BCUT2D eigenvalue weighted by Crippen LogP contribution is 2.30. The third-order valence-electron chi connectivity index (χ3n) is 4.81. The van der Waals surface area contributed by atoms with Gasteiger partial charge in [0.25, 0.3) is 0 Å². The van der Waals surface area contributed by atoms with Crippen LogP contribution in [0.25, 0.3) is 0 Å². The van der Waals surface area contributed by atoms with E-state index in [1.807, 2.05) is 0 Å². The highest BCUT2D eigenvalue weighted by molar-refractivity contribution is 5.19. The molecule has 1 heterocycles. The second-order valence-corrected chi connectivity index (χ2v) is 6.64. The van der Waals surface area contributed by atoms with Crippen LogP contribution in [0.15, 0.2) is 30.3 Å². The summed E-state index contributed by atoms with van der Waals surface area (Å²) in [6.45, 7) is 6.06. The summed E-state index contributed by atoms with van der Waals surface area (Å²) < 4.78 is 0. The Bertz CT molecular complexity index is 393. The lowest BCUT2D eigenvalue weighted by Gasteiger charge is -2.32. The van der Waals surface area contributed by atoms with E-state index in [-0.39, 0.29) is 0 Å². The highest BCUT2D eigenvalue weighted by Gasteiger charge is 2.31. The van der Waals surface area contributed by atoms with Gasteiger partial charge in [0.1, 0.15) is 0 Å². The smallest absolute Gasteiger partial charge is 0.0195 e. The Hall–Kier alpha value is -0.860. The SMILES string of the molecule is CC(CN(CC1CCCCN1)C1CC1)c1ccccc1. The second kappa shape index (κ2) is 6.73. The Labute approximate surface area is 123 Å². The largest absolute Gasteiger partial charge is 0.313 e. The van der Waals surface area contributed by atoms with Crippen molar-refractivity contribution >= 4 is 0 Å². The van der Waals surface area contributed by atoms with Gasteiger partial charge in [-0.2, -0.15) is 0 Å². The molecule has 1 saturated carbocycles. The lowest BCUT2D eigenvalue weighted by atomic mass is 9.99. The maximum Gasteiger partial charge on any atom is 0.0195 e. The zero-order valence-electron chi connectivity index (χ0n) is 12.7. The van der Waals surface area contributed by atoms with Gasteiger partial charge < -0.3 is 5.32 Å². The molecule has 1 aromatic rings. The summed E-state index contributed by atoms with van der Waals surface area (Å²) in [5.41, 5.74) is 1.48. The summed E-state index contributed by atoms with van der Waals surface area (Å²) in [6.07, 6.45) is 6.95. The molecule has 2 nitrogen and oxygen atoms in total. The molecule has 0 aromatic heterocycles. The van der Waals surface area contributed by atoms with Crippen LogP contribution in [-0.2, 0) is 0 Å². The molecule has 1 saturated heterocycles. The monoisotopic (exact) mass is 272 g/mol. The molecular weight excluding hydrogens is 244 g/mol. The van der Waals surface area contributed by atoms with Crippen molar-refractivity contribution in [3.63, 3.8) is 0 Å². The molecule has 2 atom stereocenters. The Morgan fingerprint density at radius 2 is 1.95 bits per heavy atom. The van der Waals surface area contributed by atoms with E-state index in [9.17, 15) is 0 Å². The lowest BCUT2D eigenvalue weighted by molar-refractivity contribution is 0.207. The number of hydrogen-bond acceptors (Lipinski definition) is 2. The van der Waals surface area contributed by atoms with Gasteiger partial charge in [0.15, 0.2) is 0 Å². The second-order valence-electron chi connectivity index (χ2n) is 6.64. The van der Waals surface area contributed by atoms with Crippen LogP contribution in [0.3, 0.4) is 0 Å². The lowest BCUT2D eigenvalue weighted by Crippen LogP contribution is -2.45. The normalized spacial score (nSPS) is 24.8. The molecule has 20 heavy (non-hydrogen) atoms. The van der Waals surface area contributed by atoms with E-state index in [4.69, 9.17) is 0 Å². The molecule has 0 spiro atoms. The van der Waals surface area contributed by atoms with Crippen molar-refractivity contribution in [1.29, 1.82) is 0 Å². The van der Waals surface area contributed by atoms with Crippen LogP contribution in [-0.4, -0.2) is 36.6 Å². The van der Waals surface area contributed by atoms with E-state index in [0.717, 1.165) is 12.1 Å². The zero-order valence-corrected chi connectivity index (χ0v) is 12.7. The van der Waals surface area contributed by atoms with Crippen molar-refractivity contribution in [1.82, 2.24) is 10.2 Å². The first-order valence-electron chi connectivity index (χ1n) is 8.35. The minimum atomic E-state index is 0.639. The van der Waals surface area contributed by atoms with E-state index in [1.54, 1.807) is 0 Å². The highest BCUT2D eigenvalue weighted by atomic mass is 15.2. The predicted molar refractivity (Wildman–Crippen MR) is 85.1 cm³/mol. The first-order valence-corrected chi connectivity index (χ1v) is 8.35. The molecule has 3 rings (SSSR count). The quantitative estimate of drug-likeness (QED) is 0.854. The molecule has 2 fully saturated rings. The molecule has 1 N–H and O–H groups in total. The Kier molecular flexibility index (Phi) is 4.74. The topological polar surface area (TPSA) is 15.3 Å². The van der Waals surface area contributed by atoms with Crippen LogP contribution >= 0.6 is 0 Å². The van der Waals surface area contributed by atoms with Crippen molar-refractivity contribution < 1.29 is 0 Å². The van der Waals surface area contributed by atoms with Gasteiger partial charge in [-0.15, -0.1) is 0 Å². The van der Waals surface area contributed by atoms with Crippen LogP contribution in [0.1, 0.15) is 50.5 Å². The van der Waals surface area contributed by atoms with Crippen molar-refractivity contribution in [2.24, 2.45) is 0 Å². The maximum atomic E-state index is 3.70. The summed E-state index contributed by atoms with van der Waals surface area (Å²) in [7, 11) is 0. The summed E-state index contributed by atoms with van der Waals surface area (Å²) in [4.78, 5) is 2.75. The van der Waals surface area contributed by atoms with Gasteiger partial charge in [0.05, 0.1) is 0 Å². The van der Waals surface area contributed by atoms with E-state index in [1.165, 1.54) is 57.3 Å². The molecule has 0 bridgehead atoms. The van der Waals surface area contributed by atoms with Crippen molar-refractivity contribution in [2.75, 3.05) is 19.6 Å². The molecule has 110 valence electrons. The number of nitrogens with one attached hydrogen (secondary N) is 1. The van der Waals surface area contributed by atoms with Gasteiger partial charge in [0.2, 0.25) is 0 Å². The molecule has 1 aromatic carbocycles. The summed E-state index contributed by atoms with van der Waals surface area (Å²) in [5, 5.41) is 3.70. The average molecular weight is 272 g/mol.